The maximum Gasteiger partial charge on any atom is 0.123 e. The first kappa shape index (κ1) is 12.1. The molecule has 1 aromatic heterocycles. The van der Waals surface area contributed by atoms with Crippen LogP contribution in [0.4, 0.5) is 4.39 Å². The van der Waals surface area contributed by atoms with Gasteiger partial charge < -0.3 is 5.73 Å². The molecule has 2 aromatic rings. The summed E-state index contributed by atoms with van der Waals surface area (Å²) in [6, 6.07) is 4.61. The second kappa shape index (κ2) is 4.85. The lowest BCUT2D eigenvalue weighted by atomic mass is 10.1. The van der Waals surface area contributed by atoms with Gasteiger partial charge in [-0.1, -0.05) is 17.7 Å². The minimum Gasteiger partial charge on any atom is -0.326 e. The largest absolute Gasteiger partial charge is 0.326 e. The van der Waals surface area contributed by atoms with Crippen molar-refractivity contribution in [1.29, 1.82) is 0 Å². The maximum atomic E-state index is 13.1. The van der Waals surface area contributed by atoms with Crippen LogP contribution in [-0.4, -0.2) is 9.78 Å². The molecule has 3 nitrogen and oxygen atoms in total. The van der Waals surface area contributed by atoms with Crippen LogP contribution in [0.5, 0.6) is 0 Å². The van der Waals surface area contributed by atoms with Gasteiger partial charge in [-0.3, -0.25) is 4.68 Å². The van der Waals surface area contributed by atoms with Crippen LogP contribution < -0.4 is 5.73 Å². The lowest BCUT2D eigenvalue weighted by Crippen LogP contribution is -2.09. The third kappa shape index (κ3) is 2.48. The van der Waals surface area contributed by atoms with Gasteiger partial charge in [0.25, 0.3) is 0 Å². The molecule has 0 saturated heterocycles. The van der Waals surface area contributed by atoms with Crippen molar-refractivity contribution < 1.29 is 4.39 Å². The molecule has 2 rings (SSSR count). The van der Waals surface area contributed by atoms with Crippen molar-refractivity contribution in [1.82, 2.24) is 9.78 Å². The summed E-state index contributed by atoms with van der Waals surface area (Å²) in [6.07, 6.45) is 1.60. The van der Waals surface area contributed by atoms with Gasteiger partial charge in [-0.25, -0.2) is 4.39 Å². The number of halogens is 2. The summed E-state index contributed by atoms with van der Waals surface area (Å²) in [5.74, 6) is -0.274. The number of benzene rings is 1. The average Bonchev–Trinajstić information content (AvgIpc) is 2.63. The first-order valence-corrected chi connectivity index (χ1v) is 5.65. The number of hydrogen-bond acceptors (Lipinski definition) is 2. The summed E-state index contributed by atoms with van der Waals surface area (Å²) in [7, 11) is 0. The Morgan fingerprint density at radius 3 is 2.76 bits per heavy atom. The molecular formula is C12H13ClFN3. The number of nitrogens with zero attached hydrogens (tertiary/aromatic N) is 2. The zero-order valence-electron chi connectivity index (χ0n) is 9.45. The molecular weight excluding hydrogens is 241 g/mol. The third-order valence-corrected chi connectivity index (χ3v) is 3.12. The number of hydrogen-bond donors (Lipinski definition) is 1. The van der Waals surface area contributed by atoms with Crippen LogP contribution in [0.15, 0.2) is 24.4 Å². The average molecular weight is 254 g/mol. The van der Waals surface area contributed by atoms with Crippen molar-refractivity contribution >= 4 is 11.6 Å². The van der Waals surface area contributed by atoms with E-state index in [1.165, 1.54) is 12.1 Å². The quantitative estimate of drug-likeness (QED) is 0.913. The highest BCUT2D eigenvalue weighted by atomic mass is 35.5. The first-order valence-electron chi connectivity index (χ1n) is 5.27. The van der Waals surface area contributed by atoms with Gasteiger partial charge in [0.05, 0.1) is 23.5 Å². The Labute approximate surface area is 104 Å². The normalized spacial score (nSPS) is 10.8. The highest BCUT2D eigenvalue weighted by Gasteiger charge is 2.08. The molecule has 0 unspecified atom stereocenters. The standard InChI is InChI=1S/C12H13ClFN3/c1-8-12(13)6-16-17(8)7-9-2-3-11(14)4-10(9)5-15/h2-4,6H,5,7,15H2,1H3. The summed E-state index contributed by atoms with van der Waals surface area (Å²) >= 11 is 5.93. The monoisotopic (exact) mass is 253 g/mol. The van der Waals surface area contributed by atoms with E-state index in [4.69, 9.17) is 17.3 Å². The molecule has 0 aliphatic rings. The molecule has 5 heteroatoms. The van der Waals surface area contributed by atoms with Crippen molar-refractivity contribution in [2.24, 2.45) is 5.73 Å². The summed E-state index contributed by atoms with van der Waals surface area (Å²) in [5, 5.41) is 4.78. The summed E-state index contributed by atoms with van der Waals surface area (Å²) in [4.78, 5) is 0. The predicted molar refractivity (Wildman–Crippen MR) is 65.4 cm³/mol. The highest BCUT2D eigenvalue weighted by molar-refractivity contribution is 6.31. The first-order chi connectivity index (χ1) is 8.11. The Balaban J connectivity index is 2.33. The van der Waals surface area contributed by atoms with E-state index < -0.39 is 0 Å². The Morgan fingerprint density at radius 1 is 1.41 bits per heavy atom. The van der Waals surface area contributed by atoms with Crippen molar-refractivity contribution in [3.63, 3.8) is 0 Å². The van der Waals surface area contributed by atoms with E-state index in [1.54, 1.807) is 16.9 Å². The molecule has 1 aromatic carbocycles. The SMILES string of the molecule is Cc1c(Cl)cnn1Cc1ccc(F)cc1CN. The number of rotatable bonds is 3. The maximum absolute atomic E-state index is 13.1. The fraction of sp³-hybridized carbons (Fsp3) is 0.250. The Hall–Kier alpha value is -1.39. The van der Waals surface area contributed by atoms with Crippen molar-refractivity contribution in [2.75, 3.05) is 0 Å². The van der Waals surface area contributed by atoms with E-state index in [9.17, 15) is 4.39 Å². The Morgan fingerprint density at radius 2 is 2.18 bits per heavy atom. The zero-order chi connectivity index (χ0) is 12.4. The minimum absolute atomic E-state index is 0.274. The molecule has 0 bridgehead atoms. The highest BCUT2D eigenvalue weighted by Crippen LogP contribution is 2.17. The van der Waals surface area contributed by atoms with Gasteiger partial charge in [-0.2, -0.15) is 5.10 Å². The molecule has 0 atom stereocenters. The molecule has 0 fully saturated rings. The lowest BCUT2D eigenvalue weighted by molar-refractivity contribution is 0.618. The summed E-state index contributed by atoms with van der Waals surface area (Å²) in [5.41, 5.74) is 8.23. The Kier molecular flexibility index (Phi) is 3.45. The fourth-order valence-corrected chi connectivity index (χ4v) is 1.82. The van der Waals surface area contributed by atoms with Gasteiger partial charge >= 0.3 is 0 Å². The predicted octanol–water partition coefficient (Wildman–Crippen LogP) is 2.49. The van der Waals surface area contributed by atoms with E-state index in [1.807, 2.05) is 6.92 Å². The number of nitrogens with two attached hydrogens (primary N) is 1. The summed E-state index contributed by atoms with van der Waals surface area (Å²) < 4.78 is 14.8. The molecule has 17 heavy (non-hydrogen) atoms. The molecule has 0 radical (unpaired) electrons. The van der Waals surface area contributed by atoms with Crippen molar-refractivity contribution in [2.45, 2.75) is 20.0 Å². The molecule has 90 valence electrons. The fourth-order valence-electron chi connectivity index (χ4n) is 1.68. The smallest absolute Gasteiger partial charge is 0.123 e. The third-order valence-electron chi connectivity index (χ3n) is 2.75. The van der Waals surface area contributed by atoms with Gasteiger partial charge in [0, 0.05) is 6.54 Å². The van der Waals surface area contributed by atoms with Crippen LogP contribution in [0.3, 0.4) is 0 Å². The summed E-state index contributed by atoms with van der Waals surface area (Å²) in [6.45, 7) is 2.74. The van der Waals surface area contributed by atoms with E-state index in [0.717, 1.165) is 16.8 Å². The van der Waals surface area contributed by atoms with Crippen molar-refractivity contribution in [3.8, 4) is 0 Å². The van der Waals surface area contributed by atoms with E-state index in [-0.39, 0.29) is 5.82 Å². The van der Waals surface area contributed by atoms with Crippen LogP contribution in [0.2, 0.25) is 5.02 Å². The van der Waals surface area contributed by atoms with Gasteiger partial charge in [-0.15, -0.1) is 0 Å². The lowest BCUT2D eigenvalue weighted by Gasteiger charge is -2.09. The van der Waals surface area contributed by atoms with Gasteiger partial charge in [-0.05, 0) is 30.2 Å². The second-order valence-electron chi connectivity index (χ2n) is 3.85. The zero-order valence-corrected chi connectivity index (χ0v) is 10.2. The molecule has 1 heterocycles. The van der Waals surface area contributed by atoms with Crippen molar-refractivity contribution in [3.05, 3.63) is 52.1 Å². The van der Waals surface area contributed by atoms with E-state index in [2.05, 4.69) is 5.10 Å². The van der Waals surface area contributed by atoms with Crippen LogP contribution >= 0.6 is 11.6 Å². The molecule has 0 spiro atoms. The molecule has 0 saturated carbocycles. The molecule has 0 aliphatic heterocycles. The number of aromatic nitrogens is 2. The van der Waals surface area contributed by atoms with Gasteiger partial charge in [0.1, 0.15) is 5.82 Å². The van der Waals surface area contributed by atoms with Crippen LogP contribution in [0.1, 0.15) is 16.8 Å². The van der Waals surface area contributed by atoms with Gasteiger partial charge in [0.2, 0.25) is 0 Å². The van der Waals surface area contributed by atoms with E-state index >= 15 is 0 Å². The molecule has 0 amide bonds. The molecule has 0 aliphatic carbocycles. The van der Waals surface area contributed by atoms with Crippen LogP contribution in [0.25, 0.3) is 0 Å². The van der Waals surface area contributed by atoms with E-state index in [0.29, 0.717) is 18.1 Å². The molecule has 2 N–H and O–H groups in total. The van der Waals surface area contributed by atoms with Crippen LogP contribution in [0, 0.1) is 12.7 Å². The second-order valence-corrected chi connectivity index (χ2v) is 4.26. The van der Waals surface area contributed by atoms with Gasteiger partial charge in [0.15, 0.2) is 0 Å². The van der Waals surface area contributed by atoms with Crippen LogP contribution in [-0.2, 0) is 13.1 Å². The minimum atomic E-state index is -0.274. The Bertz CT molecular complexity index is 537. The topological polar surface area (TPSA) is 43.8 Å².